The van der Waals surface area contributed by atoms with E-state index in [2.05, 4.69) is 36.5 Å². The van der Waals surface area contributed by atoms with E-state index in [0.29, 0.717) is 17.9 Å². The van der Waals surface area contributed by atoms with E-state index in [1.807, 2.05) is 6.07 Å². The molecule has 1 atom stereocenters. The van der Waals surface area contributed by atoms with Crippen LogP contribution in [0.1, 0.15) is 44.2 Å². The maximum absolute atomic E-state index is 11.1. The van der Waals surface area contributed by atoms with Gasteiger partial charge in [-0.1, -0.05) is 30.3 Å². The summed E-state index contributed by atoms with van der Waals surface area (Å²) in [6, 6.07) is 11.3. The lowest BCUT2D eigenvalue weighted by molar-refractivity contribution is -0.120. The predicted molar refractivity (Wildman–Crippen MR) is 65.3 cm³/mol. The third-order valence-corrected chi connectivity index (χ3v) is 3.33. The van der Waals surface area contributed by atoms with Gasteiger partial charge in [0.05, 0.1) is 0 Å². The minimum Gasteiger partial charge on any atom is -0.307 e. The SMILES string of the molecule is CC(NC1CCC(=O)CC1)c1ccccc1. The Bertz CT molecular complexity index is 337. The maximum atomic E-state index is 11.1. The van der Waals surface area contributed by atoms with Crippen molar-refractivity contribution in [3.8, 4) is 0 Å². The lowest BCUT2D eigenvalue weighted by Gasteiger charge is -2.26. The van der Waals surface area contributed by atoms with Gasteiger partial charge < -0.3 is 5.32 Å². The second-order valence-corrected chi connectivity index (χ2v) is 4.61. The molecule has 1 aliphatic rings. The zero-order valence-corrected chi connectivity index (χ0v) is 9.78. The van der Waals surface area contributed by atoms with Crippen molar-refractivity contribution in [3.63, 3.8) is 0 Å². The maximum Gasteiger partial charge on any atom is 0.133 e. The van der Waals surface area contributed by atoms with Gasteiger partial charge in [0.15, 0.2) is 0 Å². The van der Waals surface area contributed by atoms with Gasteiger partial charge in [-0.2, -0.15) is 0 Å². The molecular formula is C14H19NO. The van der Waals surface area contributed by atoms with Gasteiger partial charge in [0.25, 0.3) is 0 Å². The molecule has 0 spiro atoms. The first-order valence-corrected chi connectivity index (χ1v) is 6.08. The van der Waals surface area contributed by atoms with E-state index >= 15 is 0 Å². The molecular weight excluding hydrogens is 198 g/mol. The smallest absolute Gasteiger partial charge is 0.133 e. The molecule has 2 heteroatoms. The van der Waals surface area contributed by atoms with Crippen molar-refractivity contribution in [1.82, 2.24) is 5.32 Å². The number of carbonyl (C=O) groups is 1. The van der Waals surface area contributed by atoms with Gasteiger partial charge in [0.2, 0.25) is 0 Å². The van der Waals surface area contributed by atoms with Gasteiger partial charge in [-0.15, -0.1) is 0 Å². The number of benzene rings is 1. The molecule has 1 unspecified atom stereocenters. The number of hydrogen-bond acceptors (Lipinski definition) is 2. The molecule has 2 nitrogen and oxygen atoms in total. The molecule has 1 aromatic carbocycles. The molecule has 0 saturated heterocycles. The lowest BCUT2D eigenvalue weighted by Crippen LogP contribution is -2.35. The van der Waals surface area contributed by atoms with E-state index in [1.165, 1.54) is 5.56 Å². The Morgan fingerprint density at radius 3 is 2.44 bits per heavy atom. The first-order chi connectivity index (χ1) is 7.75. The second-order valence-electron chi connectivity index (χ2n) is 4.61. The molecule has 1 N–H and O–H groups in total. The minimum atomic E-state index is 0.374. The van der Waals surface area contributed by atoms with Gasteiger partial charge in [0.1, 0.15) is 5.78 Å². The number of hydrogen-bond donors (Lipinski definition) is 1. The minimum absolute atomic E-state index is 0.374. The summed E-state index contributed by atoms with van der Waals surface area (Å²) in [4.78, 5) is 11.1. The number of rotatable bonds is 3. The quantitative estimate of drug-likeness (QED) is 0.843. The monoisotopic (exact) mass is 217 g/mol. The molecule has 2 rings (SSSR count). The Morgan fingerprint density at radius 2 is 1.81 bits per heavy atom. The van der Waals surface area contributed by atoms with Crippen molar-refractivity contribution >= 4 is 5.78 Å². The normalized spacial score (nSPS) is 19.7. The highest BCUT2D eigenvalue weighted by molar-refractivity contribution is 5.79. The van der Waals surface area contributed by atoms with Crippen LogP contribution in [0.15, 0.2) is 30.3 Å². The molecule has 0 aliphatic heterocycles. The van der Waals surface area contributed by atoms with Crippen LogP contribution in [-0.4, -0.2) is 11.8 Å². The third kappa shape index (κ3) is 2.92. The summed E-state index contributed by atoms with van der Waals surface area (Å²) in [5.41, 5.74) is 1.32. The van der Waals surface area contributed by atoms with Crippen molar-refractivity contribution in [3.05, 3.63) is 35.9 Å². The molecule has 0 aromatic heterocycles. The van der Waals surface area contributed by atoms with Crippen LogP contribution in [0, 0.1) is 0 Å². The summed E-state index contributed by atoms with van der Waals surface area (Å²) in [7, 11) is 0. The topological polar surface area (TPSA) is 29.1 Å². The van der Waals surface area contributed by atoms with Gasteiger partial charge in [-0.3, -0.25) is 4.79 Å². The summed E-state index contributed by atoms with van der Waals surface area (Å²) in [6.45, 7) is 2.19. The van der Waals surface area contributed by atoms with Crippen molar-refractivity contribution in [2.45, 2.75) is 44.7 Å². The van der Waals surface area contributed by atoms with Crippen LogP contribution in [0.25, 0.3) is 0 Å². The van der Waals surface area contributed by atoms with E-state index < -0.39 is 0 Å². The van der Waals surface area contributed by atoms with Gasteiger partial charge in [0, 0.05) is 24.9 Å². The average Bonchev–Trinajstić information content (AvgIpc) is 2.33. The largest absolute Gasteiger partial charge is 0.307 e. The fraction of sp³-hybridized carbons (Fsp3) is 0.500. The molecule has 0 heterocycles. The van der Waals surface area contributed by atoms with Crippen LogP contribution >= 0.6 is 0 Å². The van der Waals surface area contributed by atoms with Crippen LogP contribution in [-0.2, 0) is 4.79 Å². The Hall–Kier alpha value is -1.15. The van der Waals surface area contributed by atoms with E-state index in [9.17, 15) is 4.79 Å². The Labute approximate surface area is 97.1 Å². The number of Topliss-reactive ketones (excluding diaryl/α,β-unsaturated/α-hetero) is 1. The number of carbonyl (C=O) groups excluding carboxylic acids is 1. The third-order valence-electron chi connectivity index (χ3n) is 3.33. The first kappa shape index (κ1) is 11.3. The number of nitrogens with one attached hydrogen (secondary N) is 1. The predicted octanol–water partition coefficient (Wildman–Crippen LogP) is 2.85. The number of ketones is 1. The van der Waals surface area contributed by atoms with Gasteiger partial charge in [-0.05, 0) is 25.3 Å². The molecule has 16 heavy (non-hydrogen) atoms. The first-order valence-electron chi connectivity index (χ1n) is 6.08. The van der Waals surface area contributed by atoms with Crippen LogP contribution in [0.2, 0.25) is 0 Å². The second kappa shape index (κ2) is 5.26. The van der Waals surface area contributed by atoms with Gasteiger partial charge in [-0.25, -0.2) is 0 Å². The van der Waals surface area contributed by atoms with E-state index in [1.54, 1.807) is 0 Å². The summed E-state index contributed by atoms with van der Waals surface area (Å²) in [5.74, 6) is 0.422. The molecule has 1 saturated carbocycles. The zero-order valence-electron chi connectivity index (χ0n) is 9.78. The fourth-order valence-corrected chi connectivity index (χ4v) is 2.30. The van der Waals surface area contributed by atoms with Crippen molar-refractivity contribution < 1.29 is 4.79 Å². The molecule has 0 bridgehead atoms. The highest BCUT2D eigenvalue weighted by Gasteiger charge is 2.20. The van der Waals surface area contributed by atoms with Crippen molar-refractivity contribution in [2.24, 2.45) is 0 Å². The van der Waals surface area contributed by atoms with E-state index in [4.69, 9.17) is 0 Å². The Morgan fingerprint density at radius 1 is 1.19 bits per heavy atom. The van der Waals surface area contributed by atoms with Crippen LogP contribution in [0.3, 0.4) is 0 Å². The summed E-state index contributed by atoms with van der Waals surface area (Å²) in [5, 5.41) is 3.60. The zero-order chi connectivity index (χ0) is 11.4. The van der Waals surface area contributed by atoms with Crippen LogP contribution in [0.5, 0.6) is 0 Å². The van der Waals surface area contributed by atoms with Gasteiger partial charge >= 0.3 is 0 Å². The highest BCUT2D eigenvalue weighted by atomic mass is 16.1. The Balaban J connectivity index is 1.88. The average molecular weight is 217 g/mol. The van der Waals surface area contributed by atoms with Crippen LogP contribution < -0.4 is 5.32 Å². The summed E-state index contributed by atoms with van der Waals surface area (Å²) >= 11 is 0. The summed E-state index contributed by atoms with van der Waals surface area (Å²) < 4.78 is 0. The standard InChI is InChI=1S/C14H19NO/c1-11(12-5-3-2-4-6-12)15-13-7-9-14(16)10-8-13/h2-6,11,13,15H,7-10H2,1H3. The van der Waals surface area contributed by atoms with Crippen molar-refractivity contribution in [2.75, 3.05) is 0 Å². The summed E-state index contributed by atoms with van der Waals surface area (Å²) in [6.07, 6.45) is 3.49. The highest BCUT2D eigenvalue weighted by Crippen LogP contribution is 2.19. The van der Waals surface area contributed by atoms with Crippen molar-refractivity contribution in [1.29, 1.82) is 0 Å². The van der Waals surface area contributed by atoms with Crippen LogP contribution in [0.4, 0.5) is 0 Å². The fourth-order valence-electron chi connectivity index (χ4n) is 2.30. The van der Waals surface area contributed by atoms with E-state index in [0.717, 1.165) is 25.7 Å². The van der Waals surface area contributed by atoms with E-state index in [-0.39, 0.29) is 0 Å². The lowest BCUT2D eigenvalue weighted by atomic mass is 9.93. The molecule has 1 fully saturated rings. The Kier molecular flexibility index (Phi) is 3.73. The molecule has 1 aliphatic carbocycles. The molecule has 86 valence electrons. The molecule has 0 amide bonds. The molecule has 1 aromatic rings. The molecule has 0 radical (unpaired) electrons.